The van der Waals surface area contributed by atoms with Crippen LogP contribution < -0.4 is 11.1 Å². The predicted molar refractivity (Wildman–Crippen MR) is 82.9 cm³/mol. The van der Waals surface area contributed by atoms with Crippen molar-refractivity contribution in [2.45, 2.75) is 20.3 Å². The summed E-state index contributed by atoms with van der Waals surface area (Å²) < 4.78 is 1.80. The minimum atomic E-state index is 0.396. The normalized spacial score (nSPS) is 10.5. The van der Waals surface area contributed by atoms with E-state index >= 15 is 0 Å². The molecule has 19 heavy (non-hydrogen) atoms. The van der Waals surface area contributed by atoms with Crippen LogP contribution in [0.3, 0.4) is 0 Å². The van der Waals surface area contributed by atoms with Crippen molar-refractivity contribution < 1.29 is 0 Å². The second-order valence-corrected chi connectivity index (χ2v) is 4.99. The molecule has 1 aromatic carbocycles. The predicted octanol–water partition coefficient (Wildman–Crippen LogP) is 2.67. The number of aromatic nitrogens is 2. The molecule has 0 radical (unpaired) electrons. The summed E-state index contributed by atoms with van der Waals surface area (Å²) >= 11 is 5.11. The van der Waals surface area contributed by atoms with Crippen LogP contribution in [0.15, 0.2) is 24.4 Å². The molecule has 0 spiro atoms. The molecule has 0 saturated heterocycles. The van der Waals surface area contributed by atoms with E-state index < -0.39 is 0 Å². The van der Waals surface area contributed by atoms with Crippen LogP contribution in [-0.4, -0.2) is 14.8 Å². The maximum absolute atomic E-state index is 5.78. The van der Waals surface area contributed by atoms with E-state index in [0.29, 0.717) is 4.99 Å². The van der Waals surface area contributed by atoms with E-state index in [1.807, 2.05) is 38.4 Å². The first-order valence-corrected chi connectivity index (χ1v) is 6.62. The molecule has 4 nitrogen and oxygen atoms in total. The lowest BCUT2D eigenvalue weighted by Crippen LogP contribution is -2.12. The zero-order valence-corrected chi connectivity index (χ0v) is 12.2. The van der Waals surface area contributed by atoms with Gasteiger partial charge in [0, 0.05) is 24.5 Å². The summed E-state index contributed by atoms with van der Waals surface area (Å²) in [7, 11) is 1.91. The van der Waals surface area contributed by atoms with Crippen LogP contribution in [0.2, 0.25) is 0 Å². The van der Waals surface area contributed by atoms with E-state index in [-0.39, 0.29) is 0 Å². The van der Waals surface area contributed by atoms with Crippen molar-refractivity contribution in [1.29, 1.82) is 0 Å². The van der Waals surface area contributed by atoms with Crippen LogP contribution in [0.1, 0.15) is 23.7 Å². The van der Waals surface area contributed by atoms with Gasteiger partial charge in [0.2, 0.25) is 0 Å². The molecule has 0 bridgehead atoms. The number of hydrogen-bond acceptors (Lipinski definition) is 3. The fourth-order valence-corrected chi connectivity index (χ4v) is 2.18. The first-order valence-electron chi connectivity index (χ1n) is 6.21. The highest BCUT2D eigenvalue weighted by Crippen LogP contribution is 2.24. The molecule has 0 aliphatic heterocycles. The SMILES string of the molecule is CCc1nn(C)cc1Nc1ccc(C)cc1C(N)=S. The van der Waals surface area contributed by atoms with Gasteiger partial charge in [0.15, 0.2) is 0 Å². The topological polar surface area (TPSA) is 55.9 Å². The van der Waals surface area contributed by atoms with Crippen LogP contribution >= 0.6 is 12.2 Å². The fourth-order valence-electron chi connectivity index (χ4n) is 2.02. The Labute approximate surface area is 118 Å². The average molecular weight is 274 g/mol. The Morgan fingerprint density at radius 3 is 2.79 bits per heavy atom. The van der Waals surface area contributed by atoms with Crippen LogP contribution in [-0.2, 0) is 13.5 Å². The minimum absolute atomic E-state index is 0.396. The maximum atomic E-state index is 5.78. The van der Waals surface area contributed by atoms with Crippen molar-refractivity contribution >= 4 is 28.6 Å². The van der Waals surface area contributed by atoms with Crippen molar-refractivity contribution in [3.8, 4) is 0 Å². The molecule has 0 aliphatic carbocycles. The molecule has 2 rings (SSSR count). The quantitative estimate of drug-likeness (QED) is 0.842. The number of thiocarbonyl (C=S) groups is 1. The van der Waals surface area contributed by atoms with Gasteiger partial charge in [0.1, 0.15) is 4.99 Å². The molecule has 0 aliphatic rings. The molecule has 0 saturated carbocycles. The standard InChI is InChI=1S/C14H18N4S/c1-4-11-13(8-18(3)17-11)16-12-6-5-9(2)7-10(12)14(15)19/h5-8,16H,4H2,1-3H3,(H2,15,19). The van der Waals surface area contributed by atoms with Gasteiger partial charge in [-0.05, 0) is 25.5 Å². The highest BCUT2D eigenvalue weighted by Gasteiger charge is 2.10. The van der Waals surface area contributed by atoms with Crippen LogP contribution in [0.4, 0.5) is 11.4 Å². The molecule has 2 aromatic rings. The Morgan fingerprint density at radius 2 is 2.16 bits per heavy atom. The van der Waals surface area contributed by atoms with E-state index in [1.165, 1.54) is 0 Å². The lowest BCUT2D eigenvalue weighted by molar-refractivity contribution is 0.746. The van der Waals surface area contributed by atoms with Crippen molar-refractivity contribution in [1.82, 2.24) is 9.78 Å². The van der Waals surface area contributed by atoms with Gasteiger partial charge in [-0.2, -0.15) is 5.10 Å². The minimum Gasteiger partial charge on any atom is -0.389 e. The van der Waals surface area contributed by atoms with Gasteiger partial charge in [-0.15, -0.1) is 0 Å². The van der Waals surface area contributed by atoms with Crippen molar-refractivity contribution in [2.24, 2.45) is 12.8 Å². The summed E-state index contributed by atoms with van der Waals surface area (Å²) in [5.74, 6) is 0. The molecule has 0 fully saturated rings. The molecular weight excluding hydrogens is 256 g/mol. The van der Waals surface area contributed by atoms with Gasteiger partial charge >= 0.3 is 0 Å². The Kier molecular flexibility index (Phi) is 3.85. The number of hydrogen-bond donors (Lipinski definition) is 2. The van der Waals surface area contributed by atoms with Gasteiger partial charge in [-0.25, -0.2) is 0 Å². The Hall–Kier alpha value is -1.88. The number of aryl methyl sites for hydroxylation is 3. The fraction of sp³-hybridized carbons (Fsp3) is 0.286. The molecule has 3 N–H and O–H groups in total. The third-order valence-corrected chi connectivity index (χ3v) is 3.17. The lowest BCUT2D eigenvalue weighted by atomic mass is 10.1. The zero-order chi connectivity index (χ0) is 14.0. The maximum Gasteiger partial charge on any atom is 0.106 e. The summed E-state index contributed by atoms with van der Waals surface area (Å²) in [6.45, 7) is 4.10. The van der Waals surface area contributed by atoms with E-state index in [1.54, 1.807) is 4.68 Å². The van der Waals surface area contributed by atoms with Crippen LogP contribution in [0, 0.1) is 6.92 Å². The van der Waals surface area contributed by atoms with Crippen molar-refractivity contribution in [3.63, 3.8) is 0 Å². The molecule has 1 aromatic heterocycles. The number of nitrogens with zero attached hydrogens (tertiary/aromatic N) is 2. The third-order valence-electron chi connectivity index (χ3n) is 2.95. The number of nitrogens with two attached hydrogens (primary N) is 1. The van der Waals surface area contributed by atoms with E-state index in [2.05, 4.69) is 17.3 Å². The summed E-state index contributed by atoms with van der Waals surface area (Å²) in [5.41, 5.74) is 10.7. The molecule has 1 heterocycles. The van der Waals surface area contributed by atoms with Gasteiger partial charge in [0.05, 0.1) is 11.4 Å². The van der Waals surface area contributed by atoms with Crippen molar-refractivity contribution in [3.05, 3.63) is 41.2 Å². The van der Waals surface area contributed by atoms with E-state index in [9.17, 15) is 0 Å². The van der Waals surface area contributed by atoms with Gasteiger partial charge < -0.3 is 11.1 Å². The second kappa shape index (κ2) is 5.40. The molecule has 5 heteroatoms. The molecular formula is C14H18N4S. The molecule has 0 unspecified atom stereocenters. The monoisotopic (exact) mass is 274 g/mol. The zero-order valence-electron chi connectivity index (χ0n) is 11.4. The van der Waals surface area contributed by atoms with Crippen molar-refractivity contribution in [2.75, 3.05) is 5.32 Å². The van der Waals surface area contributed by atoms with Gasteiger partial charge in [0.25, 0.3) is 0 Å². The molecule has 0 amide bonds. The second-order valence-electron chi connectivity index (χ2n) is 4.55. The summed E-state index contributed by atoms with van der Waals surface area (Å²) in [4.78, 5) is 0.396. The van der Waals surface area contributed by atoms with Crippen LogP contribution in [0.5, 0.6) is 0 Å². The average Bonchev–Trinajstić information content (AvgIpc) is 2.71. The first kappa shape index (κ1) is 13.5. The largest absolute Gasteiger partial charge is 0.389 e. The number of benzene rings is 1. The molecule has 100 valence electrons. The first-order chi connectivity index (χ1) is 9.01. The molecule has 0 atom stereocenters. The van der Waals surface area contributed by atoms with Crippen LogP contribution in [0.25, 0.3) is 0 Å². The summed E-state index contributed by atoms with van der Waals surface area (Å²) in [6, 6.07) is 6.02. The van der Waals surface area contributed by atoms with E-state index in [4.69, 9.17) is 18.0 Å². The van der Waals surface area contributed by atoms with E-state index in [0.717, 1.165) is 34.6 Å². The number of anilines is 2. The van der Waals surface area contributed by atoms with Gasteiger partial charge in [-0.1, -0.05) is 30.8 Å². The summed E-state index contributed by atoms with van der Waals surface area (Å²) in [6.07, 6.45) is 2.83. The van der Waals surface area contributed by atoms with Gasteiger partial charge in [-0.3, -0.25) is 4.68 Å². The lowest BCUT2D eigenvalue weighted by Gasteiger charge is -2.11. The third kappa shape index (κ3) is 2.93. The Bertz CT molecular complexity index is 616. The highest BCUT2D eigenvalue weighted by molar-refractivity contribution is 7.80. The summed E-state index contributed by atoms with van der Waals surface area (Å²) in [5, 5.41) is 7.78. The Morgan fingerprint density at radius 1 is 1.42 bits per heavy atom. The highest BCUT2D eigenvalue weighted by atomic mass is 32.1. The number of rotatable bonds is 4. The Balaban J connectivity index is 2.40. The smallest absolute Gasteiger partial charge is 0.106 e. The number of nitrogens with one attached hydrogen (secondary N) is 1.